The lowest BCUT2D eigenvalue weighted by molar-refractivity contribution is -0.128. The van der Waals surface area contributed by atoms with Crippen LogP contribution >= 0.6 is 7.14 Å². The minimum atomic E-state index is -2.29. The Balaban J connectivity index is 1.65. The van der Waals surface area contributed by atoms with Crippen molar-refractivity contribution in [3.8, 4) is 0 Å². The average Bonchev–Trinajstić information content (AvgIpc) is 3.01. The molecule has 0 heterocycles. The number of benzene rings is 1. The molecule has 0 radical (unpaired) electrons. The topological polar surface area (TPSA) is 51.2 Å². The molecule has 4 aliphatic rings. The van der Waals surface area contributed by atoms with Gasteiger partial charge in [0.05, 0.1) is 0 Å². The first-order valence-electron chi connectivity index (χ1n) is 11.3. The Kier molecular flexibility index (Phi) is 4.64. The Morgan fingerprint density at radius 3 is 2.40 bits per heavy atom. The molecular formula is C26H31O3P. The van der Waals surface area contributed by atoms with Crippen LogP contribution in [0.15, 0.2) is 47.1 Å². The predicted molar refractivity (Wildman–Crippen MR) is 121 cm³/mol. The van der Waals surface area contributed by atoms with Gasteiger partial charge >= 0.3 is 0 Å². The van der Waals surface area contributed by atoms with E-state index >= 15 is 0 Å². The molecule has 158 valence electrons. The summed E-state index contributed by atoms with van der Waals surface area (Å²) in [5.41, 5.74) is 5.17. The van der Waals surface area contributed by atoms with Gasteiger partial charge in [0.1, 0.15) is 12.9 Å². The molecule has 0 spiro atoms. The molecule has 2 fully saturated rings. The van der Waals surface area contributed by atoms with Crippen LogP contribution in [-0.4, -0.2) is 24.9 Å². The zero-order valence-corrected chi connectivity index (χ0v) is 19.1. The first-order chi connectivity index (χ1) is 14.2. The van der Waals surface area contributed by atoms with E-state index in [2.05, 4.69) is 19.1 Å². The van der Waals surface area contributed by atoms with Crippen molar-refractivity contribution in [3.63, 3.8) is 0 Å². The standard InChI is InChI=1S/C26H31O3P/c1-26-15-22(16-4-8-19(9-5-16)30(2,3)29)25-20-11-7-18(27)14-17(20)6-10-21(25)23(26)12-13-24(26)28/h4-5,8-9,14,21-23H,6-7,10-13,15H2,1-3H3/t21-,22+,23-,26-/m0/s1. The van der Waals surface area contributed by atoms with Crippen LogP contribution in [0.25, 0.3) is 0 Å². The van der Waals surface area contributed by atoms with Gasteiger partial charge in [-0.3, -0.25) is 9.59 Å². The number of carbonyl (C=O) groups excluding carboxylic acids is 2. The normalized spacial score (nSPS) is 33.7. The summed E-state index contributed by atoms with van der Waals surface area (Å²) in [7, 11) is -2.29. The van der Waals surface area contributed by atoms with Gasteiger partial charge < -0.3 is 4.57 Å². The van der Waals surface area contributed by atoms with Gasteiger partial charge in [0.15, 0.2) is 5.78 Å². The van der Waals surface area contributed by atoms with Gasteiger partial charge in [-0.25, -0.2) is 0 Å². The molecule has 0 amide bonds. The molecule has 2 saturated carbocycles. The largest absolute Gasteiger partial charge is 0.319 e. The van der Waals surface area contributed by atoms with Crippen molar-refractivity contribution in [2.75, 3.05) is 13.3 Å². The zero-order valence-electron chi connectivity index (χ0n) is 18.2. The second-order valence-electron chi connectivity index (χ2n) is 10.4. The first-order valence-corrected chi connectivity index (χ1v) is 13.9. The number of fused-ring (bicyclic) bond motifs is 4. The quantitative estimate of drug-likeness (QED) is 0.600. The van der Waals surface area contributed by atoms with Gasteiger partial charge in [0.2, 0.25) is 0 Å². The van der Waals surface area contributed by atoms with Crippen LogP contribution in [0.3, 0.4) is 0 Å². The van der Waals surface area contributed by atoms with E-state index in [0.29, 0.717) is 30.5 Å². The second-order valence-corrected chi connectivity index (χ2v) is 13.6. The summed E-state index contributed by atoms with van der Waals surface area (Å²) in [6.45, 7) is 5.82. The van der Waals surface area contributed by atoms with E-state index < -0.39 is 7.14 Å². The van der Waals surface area contributed by atoms with Crippen molar-refractivity contribution in [3.05, 3.63) is 52.6 Å². The molecule has 0 saturated heterocycles. The fourth-order valence-electron chi connectivity index (χ4n) is 6.80. The maximum Gasteiger partial charge on any atom is 0.156 e. The Morgan fingerprint density at radius 1 is 0.967 bits per heavy atom. The summed E-state index contributed by atoms with van der Waals surface area (Å²) >= 11 is 0. The van der Waals surface area contributed by atoms with Gasteiger partial charge in [-0.05, 0) is 80.1 Å². The third-order valence-corrected chi connectivity index (χ3v) is 9.90. The van der Waals surface area contributed by atoms with E-state index in [4.69, 9.17) is 0 Å². The van der Waals surface area contributed by atoms with Crippen molar-refractivity contribution in [2.24, 2.45) is 17.3 Å². The molecule has 1 aromatic carbocycles. The third kappa shape index (κ3) is 3.04. The molecule has 0 unspecified atom stereocenters. The molecule has 4 atom stereocenters. The highest BCUT2D eigenvalue weighted by Gasteiger charge is 2.56. The predicted octanol–water partition coefficient (Wildman–Crippen LogP) is 5.40. The third-order valence-electron chi connectivity index (χ3n) is 8.36. The van der Waals surface area contributed by atoms with E-state index in [-0.39, 0.29) is 17.1 Å². The smallest absolute Gasteiger partial charge is 0.156 e. The lowest BCUT2D eigenvalue weighted by atomic mass is 9.53. The molecule has 3 nitrogen and oxygen atoms in total. The number of hydrogen-bond acceptors (Lipinski definition) is 3. The fourth-order valence-corrected chi connectivity index (χ4v) is 7.66. The Morgan fingerprint density at radius 2 is 1.70 bits per heavy atom. The zero-order chi connectivity index (χ0) is 21.3. The lowest BCUT2D eigenvalue weighted by Gasteiger charge is -2.50. The highest BCUT2D eigenvalue weighted by molar-refractivity contribution is 7.70. The van der Waals surface area contributed by atoms with Crippen LogP contribution in [0.1, 0.15) is 63.4 Å². The Hall–Kier alpha value is -1.73. The molecule has 4 aliphatic carbocycles. The lowest BCUT2D eigenvalue weighted by Crippen LogP contribution is -2.43. The van der Waals surface area contributed by atoms with Gasteiger partial charge in [0.25, 0.3) is 0 Å². The maximum absolute atomic E-state index is 13.0. The second kappa shape index (κ2) is 6.89. The van der Waals surface area contributed by atoms with E-state index in [0.717, 1.165) is 37.4 Å². The summed E-state index contributed by atoms with van der Waals surface area (Å²) in [6.07, 6.45) is 7.95. The summed E-state index contributed by atoms with van der Waals surface area (Å²) < 4.78 is 12.5. The van der Waals surface area contributed by atoms with E-state index in [1.807, 2.05) is 31.5 Å². The van der Waals surface area contributed by atoms with Crippen molar-refractivity contribution >= 4 is 24.0 Å². The monoisotopic (exact) mass is 422 g/mol. The van der Waals surface area contributed by atoms with Crippen LogP contribution in [-0.2, 0) is 14.2 Å². The maximum atomic E-state index is 13.0. The molecule has 0 bridgehead atoms. The van der Waals surface area contributed by atoms with Crippen LogP contribution < -0.4 is 5.30 Å². The molecule has 1 aromatic rings. The Bertz CT molecular complexity index is 1040. The SMILES string of the molecule is C[C@]12C[C@H](c3ccc(P(C)(C)=O)cc3)C3=C4CCC(=O)C=C4CC[C@H]3[C@@H]1CCC2=O. The molecular weight excluding hydrogens is 391 g/mol. The average molecular weight is 423 g/mol. The van der Waals surface area contributed by atoms with Gasteiger partial charge in [-0.1, -0.05) is 36.8 Å². The summed E-state index contributed by atoms with van der Waals surface area (Å²) in [5.74, 6) is 1.79. The number of allylic oxidation sites excluding steroid dienone is 4. The number of hydrogen-bond donors (Lipinski definition) is 0. The van der Waals surface area contributed by atoms with Gasteiger partial charge in [0, 0.05) is 29.5 Å². The highest BCUT2D eigenvalue weighted by Crippen LogP contribution is 2.62. The number of ketones is 2. The Labute approximate surface area is 179 Å². The summed E-state index contributed by atoms with van der Waals surface area (Å²) in [5, 5.41) is 0.907. The first kappa shape index (κ1) is 20.2. The molecule has 0 N–H and O–H groups in total. The number of rotatable bonds is 2. The van der Waals surface area contributed by atoms with Crippen LogP contribution in [0.4, 0.5) is 0 Å². The minimum absolute atomic E-state index is 0.215. The van der Waals surface area contributed by atoms with Crippen molar-refractivity contribution in [2.45, 2.75) is 57.8 Å². The van der Waals surface area contributed by atoms with Crippen molar-refractivity contribution in [1.82, 2.24) is 0 Å². The van der Waals surface area contributed by atoms with E-state index in [1.165, 1.54) is 22.3 Å². The minimum Gasteiger partial charge on any atom is -0.319 e. The van der Waals surface area contributed by atoms with Crippen molar-refractivity contribution in [1.29, 1.82) is 0 Å². The van der Waals surface area contributed by atoms with Crippen LogP contribution in [0.2, 0.25) is 0 Å². The van der Waals surface area contributed by atoms with Gasteiger partial charge in [-0.2, -0.15) is 0 Å². The molecule has 5 rings (SSSR count). The fraction of sp³-hybridized carbons (Fsp3) is 0.538. The molecule has 0 aromatic heterocycles. The summed E-state index contributed by atoms with van der Waals surface area (Å²) in [4.78, 5) is 25.1. The van der Waals surface area contributed by atoms with Crippen LogP contribution in [0.5, 0.6) is 0 Å². The van der Waals surface area contributed by atoms with E-state index in [9.17, 15) is 14.2 Å². The summed E-state index contributed by atoms with van der Waals surface area (Å²) in [6, 6.07) is 8.31. The highest BCUT2D eigenvalue weighted by atomic mass is 31.2. The number of Topliss-reactive ketones (excluding diaryl/α,β-unsaturated/α-hetero) is 1. The number of carbonyl (C=O) groups is 2. The van der Waals surface area contributed by atoms with Gasteiger partial charge in [-0.15, -0.1) is 0 Å². The van der Waals surface area contributed by atoms with Crippen LogP contribution in [0, 0.1) is 17.3 Å². The molecule has 4 heteroatoms. The molecule has 30 heavy (non-hydrogen) atoms. The van der Waals surface area contributed by atoms with E-state index in [1.54, 1.807) is 0 Å². The van der Waals surface area contributed by atoms with Crippen molar-refractivity contribution < 1.29 is 14.2 Å². The molecule has 0 aliphatic heterocycles.